The van der Waals surface area contributed by atoms with Crippen LogP contribution >= 0.6 is 0 Å². The molecule has 0 bridgehead atoms. The van der Waals surface area contributed by atoms with E-state index in [1.165, 1.54) is 37.1 Å². The molecular formula is C13H19N3. The van der Waals surface area contributed by atoms with Crippen LogP contribution in [0, 0.1) is 0 Å². The highest BCUT2D eigenvalue weighted by atomic mass is 15.4. The Balaban J connectivity index is 2.00. The maximum atomic E-state index is 5.75. The van der Waals surface area contributed by atoms with Gasteiger partial charge in [-0.2, -0.15) is 0 Å². The Labute approximate surface area is 96.6 Å². The molecule has 1 aromatic rings. The van der Waals surface area contributed by atoms with Crippen molar-refractivity contribution in [2.75, 3.05) is 23.3 Å². The van der Waals surface area contributed by atoms with Crippen LogP contribution in [0.1, 0.15) is 25.7 Å². The average molecular weight is 217 g/mol. The molecule has 0 saturated heterocycles. The molecule has 2 aliphatic rings. The SMILES string of the molecule is NCCN1c2ccccc2NC12CCCC2. The first-order chi connectivity index (χ1) is 7.86. The van der Waals surface area contributed by atoms with Crippen LogP contribution in [0.4, 0.5) is 11.4 Å². The van der Waals surface area contributed by atoms with E-state index in [-0.39, 0.29) is 5.66 Å². The molecular weight excluding hydrogens is 198 g/mol. The summed E-state index contributed by atoms with van der Waals surface area (Å²) in [6.07, 6.45) is 5.12. The highest BCUT2D eigenvalue weighted by Crippen LogP contribution is 2.46. The van der Waals surface area contributed by atoms with Crippen molar-refractivity contribution in [1.82, 2.24) is 0 Å². The zero-order valence-corrected chi connectivity index (χ0v) is 9.58. The molecule has 1 aliphatic carbocycles. The van der Waals surface area contributed by atoms with Crippen molar-refractivity contribution < 1.29 is 0 Å². The van der Waals surface area contributed by atoms with Crippen molar-refractivity contribution in [2.24, 2.45) is 5.73 Å². The van der Waals surface area contributed by atoms with Gasteiger partial charge >= 0.3 is 0 Å². The minimum atomic E-state index is 0.170. The lowest BCUT2D eigenvalue weighted by atomic mass is 10.1. The fourth-order valence-corrected chi connectivity index (χ4v) is 3.18. The van der Waals surface area contributed by atoms with Gasteiger partial charge in [0.25, 0.3) is 0 Å². The van der Waals surface area contributed by atoms with Crippen molar-refractivity contribution in [2.45, 2.75) is 31.3 Å². The summed E-state index contributed by atoms with van der Waals surface area (Å²) in [6.45, 7) is 1.67. The second-order valence-electron chi connectivity index (χ2n) is 4.82. The highest BCUT2D eigenvalue weighted by molar-refractivity contribution is 5.78. The van der Waals surface area contributed by atoms with Crippen LogP contribution in [0.5, 0.6) is 0 Å². The molecule has 3 heteroatoms. The van der Waals surface area contributed by atoms with Crippen LogP contribution in [-0.4, -0.2) is 18.8 Å². The Morgan fingerprint density at radius 2 is 2.00 bits per heavy atom. The number of hydrogen-bond donors (Lipinski definition) is 2. The van der Waals surface area contributed by atoms with E-state index in [0.29, 0.717) is 0 Å². The summed E-state index contributed by atoms with van der Waals surface area (Å²) in [6, 6.07) is 8.58. The van der Waals surface area contributed by atoms with E-state index >= 15 is 0 Å². The number of nitrogens with zero attached hydrogens (tertiary/aromatic N) is 1. The standard InChI is InChI=1S/C13H19N3/c14-9-10-16-12-6-2-1-5-11(12)15-13(16)7-3-4-8-13/h1-2,5-6,15H,3-4,7-10,14H2. The molecule has 1 saturated carbocycles. The van der Waals surface area contributed by atoms with Crippen LogP contribution in [0.25, 0.3) is 0 Å². The van der Waals surface area contributed by atoms with E-state index in [1.807, 2.05) is 0 Å². The van der Waals surface area contributed by atoms with Gasteiger partial charge in [0.2, 0.25) is 0 Å². The normalized spacial score (nSPS) is 21.2. The van der Waals surface area contributed by atoms with Crippen molar-refractivity contribution in [3.8, 4) is 0 Å². The number of nitrogens with two attached hydrogens (primary N) is 1. The van der Waals surface area contributed by atoms with Gasteiger partial charge in [-0.15, -0.1) is 0 Å². The summed E-state index contributed by atoms with van der Waals surface area (Å²) >= 11 is 0. The zero-order valence-electron chi connectivity index (χ0n) is 9.58. The second kappa shape index (κ2) is 3.67. The van der Waals surface area contributed by atoms with Gasteiger partial charge < -0.3 is 16.0 Å². The van der Waals surface area contributed by atoms with Crippen LogP contribution in [0.2, 0.25) is 0 Å². The third-order valence-corrected chi connectivity index (χ3v) is 3.86. The summed E-state index contributed by atoms with van der Waals surface area (Å²) in [7, 11) is 0. The Bertz CT molecular complexity index is 383. The Hall–Kier alpha value is -1.22. The quantitative estimate of drug-likeness (QED) is 0.797. The Morgan fingerprint density at radius 3 is 2.75 bits per heavy atom. The average Bonchev–Trinajstić information content (AvgIpc) is 2.87. The van der Waals surface area contributed by atoms with Gasteiger partial charge in [-0.25, -0.2) is 0 Å². The van der Waals surface area contributed by atoms with E-state index in [0.717, 1.165) is 13.1 Å². The van der Waals surface area contributed by atoms with Crippen molar-refractivity contribution >= 4 is 11.4 Å². The first-order valence-electron chi connectivity index (χ1n) is 6.21. The molecule has 1 spiro atoms. The van der Waals surface area contributed by atoms with Gasteiger partial charge in [0, 0.05) is 13.1 Å². The fourth-order valence-electron chi connectivity index (χ4n) is 3.18. The molecule has 1 fully saturated rings. The smallest absolute Gasteiger partial charge is 0.110 e. The van der Waals surface area contributed by atoms with Gasteiger partial charge in [-0.3, -0.25) is 0 Å². The maximum Gasteiger partial charge on any atom is 0.110 e. The molecule has 1 aliphatic heterocycles. The number of anilines is 2. The summed E-state index contributed by atoms with van der Waals surface area (Å²) in [5.74, 6) is 0. The molecule has 0 aromatic heterocycles. The molecule has 16 heavy (non-hydrogen) atoms. The highest BCUT2D eigenvalue weighted by Gasteiger charge is 2.44. The Morgan fingerprint density at radius 1 is 1.25 bits per heavy atom. The summed E-state index contributed by atoms with van der Waals surface area (Å²) in [4.78, 5) is 2.48. The molecule has 0 atom stereocenters. The van der Waals surface area contributed by atoms with Gasteiger partial charge in [0.05, 0.1) is 11.4 Å². The Kier molecular flexibility index (Phi) is 2.28. The number of para-hydroxylation sites is 2. The number of fused-ring (bicyclic) bond motifs is 1. The van der Waals surface area contributed by atoms with Gasteiger partial charge in [-0.05, 0) is 37.8 Å². The molecule has 0 radical (unpaired) electrons. The monoisotopic (exact) mass is 217 g/mol. The van der Waals surface area contributed by atoms with E-state index < -0.39 is 0 Å². The summed E-state index contributed by atoms with van der Waals surface area (Å²) in [5, 5.41) is 3.72. The molecule has 3 nitrogen and oxygen atoms in total. The van der Waals surface area contributed by atoms with E-state index in [9.17, 15) is 0 Å². The first-order valence-corrected chi connectivity index (χ1v) is 6.21. The van der Waals surface area contributed by atoms with Crippen LogP contribution in [0.3, 0.4) is 0 Å². The minimum absolute atomic E-state index is 0.170. The molecule has 1 aromatic carbocycles. The van der Waals surface area contributed by atoms with Crippen LogP contribution in [0.15, 0.2) is 24.3 Å². The molecule has 0 unspecified atom stereocenters. The van der Waals surface area contributed by atoms with Gasteiger partial charge in [0.1, 0.15) is 5.66 Å². The predicted octanol–water partition coefficient (Wildman–Crippen LogP) is 2.15. The lowest BCUT2D eigenvalue weighted by Gasteiger charge is -2.36. The number of hydrogen-bond acceptors (Lipinski definition) is 3. The number of benzene rings is 1. The van der Waals surface area contributed by atoms with E-state index in [2.05, 4.69) is 34.5 Å². The van der Waals surface area contributed by atoms with Crippen molar-refractivity contribution in [1.29, 1.82) is 0 Å². The summed E-state index contributed by atoms with van der Waals surface area (Å²) in [5.41, 5.74) is 8.52. The zero-order chi connectivity index (χ0) is 11.0. The van der Waals surface area contributed by atoms with Crippen LogP contribution in [-0.2, 0) is 0 Å². The van der Waals surface area contributed by atoms with E-state index in [1.54, 1.807) is 0 Å². The third-order valence-electron chi connectivity index (χ3n) is 3.86. The van der Waals surface area contributed by atoms with Crippen LogP contribution < -0.4 is 16.0 Å². The van der Waals surface area contributed by atoms with E-state index in [4.69, 9.17) is 5.73 Å². The molecule has 3 N–H and O–H groups in total. The molecule has 86 valence electrons. The summed E-state index contributed by atoms with van der Waals surface area (Å²) < 4.78 is 0. The minimum Gasteiger partial charge on any atom is -0.361 e. The third kappa shape index (κ3) is 1.31. The van der Waals surface area contributed by atoms with Gasteiger partial charge in [-0.1, -0.05) is 12.1 Å². The second-order valence-corrected chi connectivity index (χ2v) is 4.82. The molecule has 0 amide bonds. The molecule has 3 rings (SSSR count). The lowest BCUT2D eigenvalue weighted by molar-refractivity contribution is 0.467. The lowest BCUT2D eigenvalue weighted by Crippen LogP contribution is -2.50. The topological polar surface area (TPSA) is 41.3 Å². The van der Waals surface area contributed by atoms with Gasteiger partial charge in [0.15, 0.2) is 0 Å². The number of nitrogens with one attached hydrogen (secondary N) is 1. The largest absolute Gasteiger partial charge is 0.361 e. The van der Waals surface area contributed by atoms with Crippen molar-refractivity contribution in [3.05, 3.63) is 24.3 Å². The van der Waals surface area contributed by atoms with Crippen molar-refractivity contribution in [3.63, 3.8) is 0 Å². The molecule has 1 heterocycles. The number of rotatable bonds is 2. The predicted molar refractivity (Wildman–Crippen MR) is 67.7 cm³/mol. The first kappa shape index (κ1) is 9.97. The fraction of sp³-hybridized carbons (Fsp3) is 0.538. The maximum absolute atomic E-state index is 5.75.